The lowest BCUT2D eigenvalue weighted by atomic mass is 9.74. The minimum atomic E-state index is -0.710. The van der Waals surface area contributed by atoms with Gasteiger partial charge in [-0.1, -0.05) is 33.1 Å². The predicted octanol–water partition coefficient (Wildman–Crippen LogP) is 1.91. The fourth-order valence-electron chi connectivity index (χ4n) is 2.81. The molecule has 0 bridgehead atoms. The molecule has 1 fully saturated rings. The molecule has 1 aromatic rings. The summed E-state index contributed by atoms with van der Waals surface area (Å²) in [5, 5.41) is 21.3. The fourth-order valence-corrected chi connectivity index (χ4v) is 2.81. The SMILES string of the molecule is CC(C)Cc1nnnn1CC1(C(=O)O)CCCCC1. The normalized spacial score (nSPS) is 18.7. The van der Waals surface area contributed by atoms with Crippen LogP contribution in [0.4, 0.5) is 0 Å². The Morgan fingerprint density at radius 1 is 1.37 bits per heavy atom. The molecule has 6 heteroatoms. The van der Waals surface area contributed by atoms with Crippen molar-refractivity contribution in [2.75, 3.05) is 0 Å². The van der Waals surface area contributed by atoms with E-state index in [0.717, 1.165) is 44.3 Å². The van der Waals surface area contributed by atoms with Crippen molar-refractivity contribution in [1.29, 1.82) is 0 Å². The summed E-state index contributed by atoms with van der Waals surface area (Å²) in [6.07, 6.45) is 5.32. The summed E-state index contributed by atoms with van der Waals surface area (Å²) >= 11 is 0. The van der Waals surface area contributed by atoms with Gasteiger partial charge in [0.25, 0.3) is 0 Å². The molecule has 1 aliphatic carbocycles. The largest absolute Gasteiger partial charge is 0.481 e. The van der Waals surface area contributed by atoms with Gasteiger partial charge < -0.3 is 5.11 Å². The summed E-state index contributed by atoms with van der Waals surface area (Å²) in [4.78, 5) is 11.7. The predicted molar refractivity (Wildman–Crippen MR) is 69.5 cm³/mol. The van der Waals surface area contributed by atoms with E-state index in [1.54, 1.807) is 4.68 Å². The molecular formula is C13H22N4O2. The van der Waals surface area contributed by atoms with E-state index in [9.17, 15) is 9.90 Å². The van der Waals surface area contributed by atoms with Crippen molar-refractivity contribution in [3.63, 3.8) is 0 Å². The molecule has 0 aromatic carbocycles. The number of carbonyl (C=O) groups is 1. The molecule has 0 radical (unpaired) electrons. The molecule has 0 aliphatic heterocycles. The minimum absolute atomic E-state index is 0.400. The molecule has 1 heterocycles. The van der Waals surface area contributed by atoms with Gasteiger partial charge in [-0.05, 0) is 29.2 Å². The van der Waals surface area contributed by atoms with Crippen LogP contribution in [0.5, 0.6) is 0 Å². The van der Waals surface area contributed by atoms with Gasteiger partial charge in [0.1, 0.15) is 0 Å². The van der Waals surface area contributed by atoms with Crippen LogP contribution in [-0.2, 0) is 17.8 Å². The van der Waals surface area contributed by atoms with Crippen LogP contribution < -0.4 is 0 Å². The molecule has 0 atom stereocenters. The van der Waals surface area contributed by atoms with Crippen LogP contribution in [0.2, 0.25) is 0 Å². The highest BCUT2D eigenvalue weighted by Gasteiger charge is 2.40. The molecule has 0 saturated heterocycles. The third kappa shape index (κ3) is 3.11. The second kappa shape index (κ2) is 5.67. The van der Waals surface area contributed by atoms with E-state index in [0.29, 0.717) is 12.5 Å². The third-order valence-corrected chi connectivity index (χ3v) is 3.91. The Labute approximate surface area is 113 Å². The van der Waals surface area contributed by atoms with E-state index in [-0.39, 0.29) is 0 Å². The topological polar surface area (TPSA) is 80.9 Å². The van der Waals surface area contributed by atoms with Crippen LogP contribution in [0.3, 0.4) is 0 Å². The van der Waals surface area contributed by atoms with Gasteiger partial charge in [-0.3, -0.25) is 4.79 Å². The molecule has 2 rings (SSSR count). The van der Waals surface area contributed by atoms with Crippen molar-refractivity contribution in [3.05, 3.63) is 5.82 Å². The van der Waals surface area contributed by atoms with Gasteiger partial charge in [0.05, 0.1) is 12.0 Å². The molecule has 1 saturated carbocycles. The van der Waals surface area contributed by atoms with Crippen molar-refractivity contribution in [2.24, 2.45) is 11.3 Å². The summed E-state index contributed by atoms with van der Waals surface area (Å²) in [7, 11) is 0. The number of hydrogen-bond acceptors (Lipinski definition) is 4. The summed E-state index contributed by atoms with van der Waals surface area (Å²) in [5.74, 6) is 0.538. The van der Waals surface area contributed by atoms with Crippen molar-refractivity contribution in [1.82, 2.24) is 20.2 Å². The Bertz CT molecular complexity index is 436. The van der Waals surface area contributed by atoms with E-state index in [1.165, 1.54) is 0 Å². The first-order valence-electron chi connectivity index (χ1n) is 7.02. The second-order valence-corrected chi connectivity index (χ2v) is 6.00. The number of aromatic nitrogens is 4. The van der Waals surface area contributed by atoms with Crippen LogP contribution in [0, 0.1) is 11.3 Å². The first-order chi connectivity index (χ1) is 9.03. The smallest absolute Gasteiger partial charge is 0.311 e. The zero-order valence-electron chi connectivity index (χ0n) is 11.7. The van der Waals surface area contributed by atoms with Crippen LogP contribution in [0.25, 0.3) is 0 Å². The minimum Gasteiger partial charge on any atom is -0.481 e. The second-order valence-electron chi connectivity index (χ2n) is 6.00. The molecule has 0 spiro atoms. The number of tetrazole rings is 1. The first kappa shape index (κ1) is 14.0. The zero-order valence-corrected chi connectivity index (χ0v) is 11.7. The number of carboxylic acid groups (broad SMARTS) is 1. The van der Waals surface area contributed by atoms with Gasteiger partial charge in [0, 0.05) is 6.42 Å². The first-order valence-corrected chi connectivity index (χ1v) is 7.02. The fraction of sp³-hybridized carbons (Fsp3) is 0.846. The average Bonchev–Trinajstić information content (AvgIpc) is 2.76. The van der Waals surface area contributed by atoms with Crippen LogP contribution >= 0.6 is 0 Å². The van der Waals surface area contributed by atoms with Gasteiger partial charge in [-0.25, -0.2) is 4.68 Å². The summed E-state index contributed by atoms with van der Waals surface area (Å²) in [6, 6.07) is 0. The molecule has 1 N–H and O–H groups in total. The highest BCUT2D eigenvalue weighted by molar-refractivity contribution is 5.74. The molecule has 1 aromatic heterocycles. The van der Waals surface area contributed by atoms with Crippen LogP contribution in [0.15, 0.2) is 0 Å². The Hall–Kier alpha value is -1.46. The lowest BCUT2D eigenvalue weighted by molar-refractivity contribution is -0.152. The van der Waals surface area contributed by atoms with E-state index < -0.39 is 11.4 Å². The van der Waals surface area contributed by atoms with Gasteiger partial charge in [0.2, 0.25) is 0 Å². The van der Waals surface area contributed by atoms with Crippen molar-refractivity contribution < 1.29 is 9.90 Å². The Kier molecular flexibility index (Phi) is 4.17. The summed E-state index contributed by atoms with van der Waals surface area (Å²) in [5.41, 5.74) is -0.681. The summed E-state index contributed by atoms with van der Waals surface area (Å²) in [6.45, 7) is 4.61. The quantitative estimate of drug-likeness (QED) is 0.880. The Morgan fingerprint density at radius 3 is 2.63 bits per heavy atom. The molecule has 19 heavy (non-hydrogen) atoms. The zero-order chi connectivity index (χ0) is 13.9. The molecule has 0 unspecified atom stereocenters. The van der Waals surface area contributed by atoms with E-state index >= 15 is 0 Å². The number of aliphatic carboxylic acids is 1. The van der Waals surface area contributed by atoms with E-state index in [2.05, 4.69) is 29.4 Å². The molecular weight excluding hydrogens is 244 g/mol. The van der Waals surface area contributed by atoms with Crippen molar-refractivity contribution in [2.45, 2.75) is 58.9 Å². The van der Waals surface area contributed by atoms with Gasteiger partial charge in [0.15, 0.2) is 5.82 Å². The maximum Gasteiger partial charge on any atom is 0.311 e. The number of hydrogen-bond donors (Lipinski definition) is 1. The molecule has 1 aliphatic rings. The van der Waals surface area contributed by atoms with E-state index in [1.807, 2.05) is 0 Å². The average molecular weight is 266 g/mol. The monoisotopic (exact) mass is 266 g/mol. The molecule has 6 nitrogen and oxygen atoms in total. The lowest BCUT2D eigenvalue weighted by Crippen LogP contribution is -2.38. The number of nitrogens with zero attached hydrogens (tertiary/aromatic N) is 4. The summed E-state index contributed by atoms with van der Waals surface area (Å²) < 4.78 is 1.69. The maximum atomic E-state index is 11.7. The lowest BCUT2D eigenvalue weighted by Gasteiger charge is -2.32. The number of carboxylic acids is 1. The van der Waals surface area contributed by atoms with Gasteiger partial charge >= 0.3 is 5.97 Å². The van der Waals surface area contributed by atoms with Crippen molar-refractivity contribution >= 4 is 5.97 Å². The van der Waals surface area contributed by atoms with Gasteiger partial charge in [-0.15, -0.1) is 5.10 Å². The standard InChI is InChI=1S/C13H22N4O2/c1-10(2)8-11-14-15-16-17(11)9-13(12(18)19)6-4-3-5-7-13/h10H,3-9H2,1-2H3,(H,18,19). The van der Waals surface area contributed by atoms with Crippen LogP contribution in [-0.4, -0.2) is 31.3 Å². The van der Waals surface area contributed by atoms with Gasteiger partial charge in [-0.2, -0.15) is 0 Å². The number of rotatable bonds is 5. The Morgan fingerprint density at radius 2 is 2.05 bits per heavy atom. The van der Waals surface area contributed by atoms with E-state index in [4.69, 9.17) is 0 Å². The van der Waals surface area contributed by atoms with Crippen molar-refractivity contribution in [3.8, 4) is 0 Å². The maximum absolute atomic E-state index is 11.7. The third-order valence-electron chi connectivity index (χ3n) is 3.91. The van der Waals surface area contributed by atoms with Crippen LogP contribution in [0.1, 0.15) is 51.8 Å². The molecule has 106 valence electrons. The highest BCUT2D eigenvalue weighted by atomic mass is 16.4. The Balaban J connectivity index is 2.17. The highest BCUT2D eigenvalue weighted by Crippen LogP contribution is 2.38. The molecule has 0 amide bonds.